The second kappa shape index (κ2) is 3.57. The van der Waals surface area contributed by atoms with E-state index in [0.29, 0.717) is 5.92 Å². The van der Waals surface area contributed by atoms with Crippen LogP contribution >= 0.6 is 0 Å². The molecule has 0 fully saturated rings. The van der Waals surface area contributed by atoms with Crippen molar-refractivity contribution < 1.29 is 0 Å². The molecule has 2 N–H and O–H groups in total. The van der Waals surface area contributed by atoms with Crippen molar-refractivity contribution in [1.82, 2.24) is 4.98 Å². The normalized spacial score (nSPS) is 10.7. The smallest absolute Gasteiger partial charge is 0.0530 e. The molecule has 1 aromatic heterocycles. The van der Waals surface area contributed by atoms with E-state index in [-0.39, 0.29) is 0 Å². The van der Waals surface area contributed by atoms with Crippen LogP contribution in [0.15, 0.2) is 12.3 Å². The third-order valence-electron chi connectivity index (χ3n) is 1.83. The highest BCUT2D eigenvalue weighted by atomic mass is 14.7. The van der Waals surface area contributed by atoms with Crippen molar-refractivity contribution in [2.75, 3.05) is 5.73 Å². The van der Waals surface area contributed by atoms with Crippen molar-refractivity contribution in [2.45, 2.75) is 27.2 Å². The van der Waals surface area contributed by atoms with E-state index in [1.165, 1.54) is 0 Å². The highest BCUT2D eigenvalue weighted by Crippen LogP contribution is 2.12. The lowest BCUT2D eigenvalue weighted by Crippen LogP contribution is -1.99. The highest BCUT2D eigenvalue weighted by molar-refractivity contribution is 5.44. The quantitative estimate of drug-likeness (QED) is 0.727. The molecule has 0 radical (unpaired) electrons. The maximum absolute atomic E-state index is 5.66. The summed E-state index contributed by atoms with van der Waals surface area (Å²) >= 11 is 0. The number of nitrogen functional groups attached to an aromatic ring is 1. The maximum atomic E-state index is 5.66. The predicted octanol–water partition coefficient (Wildman–Crippen LogP) is 2.17. The molecule has 12 heavy (non-hydrogen) atoms. The van der Waals surface area contributed by atoms with Crippen LogP contribution in [0.2, 0.25) is 0 Å². The number of hydrogen-bond donors (Lipinski definition) is 1. The fraction of sp³-hybridized carbons (Fsp3) is 0.500. The van der Waals surface area contributed by atoms with Gasteiger partial charge in [0, 0.05) is 5.69 Å². The first-order chi connectivity index (χ1) is 5.59. The molecule has 1 rings (SSSR count). The summed E-state index contributed by atoms with van der Waals surface area (Å²) in [4.78, 5) is 4.25. The topological polar surface area (TPSA) is 38.9 Å². The molecule has 0 aliphatic carbocycles. The zero-order valence-electron chi connectivity index (χ0n) is 7.96. The van der Waals surface area contributed by atoms with Gasteiger partial charge in [-0.05, 0) is 30.9 Å². The first-order valence-electron chi connectivity index (χ1n) is 4.30. The molecule has 0 aliphatic rings. The minimum absolute atomic E-state index is 0.653. The van der Waals surface area contributed by atoms with Crippen LogP contribution in [0.1, 0.15) is 25.1 Å². The summed E-state index contributed by atoms with van der Waals surface area (Å²) in [6, 6.07) is 2.06. The molecule has 0 amide bonds. The Morgan fingerprint density at radius 3 is 2.67 bits per heavy atom. The Morgan fingerprint density at radius 2 is 2.17 bits per heavy atom. The molecule has 1 aromatic rings. The van der Waals surface area contributed by atoms with Gasteiger partial charge in [-0.2, -0.15) is 0 Å². The van der Waals surface area contributed by atoms with E-state index in [1.807, 2.05) is 6.92 Å². The molecule has 0 atom stereocenters. The average molecular weight is 164 g/mol. The Kier molecular flexibility index (Phi) is 2.69. The number of hydrogen-bond acceptors (Lipinski definition) is 2. The van der Waals surface area contributed by atoms with E-state index in [4.69, 9.17) is 5.73 Å². The standard InChI is InChI=1S/C10H16N2/c1-7(2)4-9-5-8(3)10(11)6-12-9/h5-7H,4,11H2,1-3H3. The fourth-order valence-corrected chi connectivity index (χ4v) is 1.15. The predicted molar refractivity (Wildman–Crippen MR) is 51.9 cm³/mol. The third-order valence-corrected chi connectivity index (χ3v) is 1.83. The van der Waals surface area contributed by atoms with Gasteiger partial charge in [-0.15, -0.1) is 0 Å². The van der Waals surface area contributed by atoms with Crippen LogP contribution in [-0.4, -0.2) is 4.98 Å². The van der Waals surface area contributed by atoms with Crippen molar-refractivity contribution in [2.24, 2.45) is 5.92 Å². The second-order valence-electron chi connectivity index (χ2n) is 3.63. The van der Waals surface area contributed by atoms with Gasteiger partial charge < -0.3 is 5.73 Å². The molecule has 0 saturated heterocycles. The Labute approximate surface area is 73.8 Å². The Morgan fingerprint density at radius 1 is 1.50 bits per heavy atom. The van der Waals surface area contributed by atoms with Gasteiger partial charge in [0.25, 0.3) is 0 Å². The van der Waals surface area contributed by atoms with Gasteiger partial charge in [0.15, 0.2) is 0 Å². The summed E-state index contributed by atoms with van der Waals surface area (Å²) in [6.45, 7) is 6.39. The molecule has 1 heterocycles. The summed E-state index contributed by atoms with van der Waals surface area (Å²) in [5, 5.41) is 0. The molecular formula is C10H16N2. The highest BCUT2D eigenvalue weighted by Gasteiger charge is 2.00. The van der Waals surface area contributed by atoms with Gasteiger partial charge in [-0.3, -0.25) is 4.98 Å². The molecule has 0 saturated carbocycles. The van der Waals surface area contributed by atoms with E-state index in [9.17, 15) is 0 Å². The number of nitrogens with two attached hydrogens (primary N) is 1. The first-order valence-corrected chi connectivity index (χ1v) is 4.30. The van der Waals surface area contributed by atoms with Crippen LogP contribution in [0.5, 0.6) is 0 Å². The van der Waals surface area contributed by atoms with E-state index in [2.05, 4.69) is 24.9 Å². The van der Waals surface area contributed by atoms with E-state index in [1.54, 1.807) is 6.20 Å². The number of anilines is 1. The van der Waals surface area contributed by atoms with Gasteiger partial charge >= 0.3 is 0 Å². The SMILES string of the molecule is Cc1cc(CC(C)C)ncc1N. The Hall–Kier alpha value is -1.05. The first kappa shape index (κ1) is 9.04. The number of nitrogens with zero attached hydrogens (tertiary/aromatic N) is 1. The summed E-state index contributed by atoms with van der Waals surface area (Å²) in [7, 11) is 0. The minimum atomic E-state index is 0.653. The average Bonchev–Trinajstić information content (AvgIpc) is 1.96. The van der Waals surface area contributed by atoms with Crippen LogP contribution in [0.4, 0.5) is 5.69 Å². The number of rotatable bonds is 2. The van der Waals surface area contributed by atoms with E-state index in [0.717, 1.165) is 23.4 Å². The molecule has 2 nitrogen and oxygen atoms in total. The summed E-state index contributed by atoms with van der Waals surface area (Å²) < 4.78 is 0. The lowest BCUT2D eigenvalue weighted by molar-refractivity contribution is 0.635. The lowest BCUT2D eigenvalue weighted by atomic mass is 10.1. The summed E-state index contributed by atoms with van der Waals surface area (Å²) in [5.74, 6) is 0.653. The van der Waals surface area contributed by atoms with Crippen LogP contribution in [0, 0.1) is 12.8 Å². The van der Waals surface area contributed by atoms with Crippen LogP contribution in [0.3, 0.4) is 0 Å². The van der Waals surface area contributed by atoms with Crippen molar-refractivity contribution >= 4 is 5.69 Å². The molecule has 0 bridgehead atoms. The molecule has 0 spiro atoms. The molecule has 0 unspecified atom stereocenters. The second-order valence-corrected chi connectivity index (χ2v) is 3.63. The molecule has 0 aromatic carbocycles. The van der Waals surface area contributed by atoms with Crippen LogP contribution in [-0.2, 0) is 6.42 Å². The largest absolute Gasteiger partial charge is 0.397 e. The number of aromatic nitrogens is 1. The molecule has 2 heteroatoms. The zero-order valence-corrected chi connectivity index (χ0v) is 7.96. The van der Waals surface area contributed by atoms with Gasteiger partial charge in [0.2, 0.25) is 0 Å². The Balaban J connectivity index is 2.82. The zero-order chi connectivity index (χ0) is 9.14. The summed E-state index contributed by atoms with van der Waals surface area (Å²) in [5.41, 5.74) is 8.70. The number of aryl methyl sites for hydroxylation is 1. The maximum Gasteiger partial charge on any atom is 0.0530 e. The molecule has 66 valence electrons. The van der Waals surface area contributed by atoms with Crippen LogP contribution in [0.25, 0.3) is 0 Å². The fourth-order valence-electron chi connectivity index (χ4n) is 1.15. The van der Waals surface area contributed by atoms with Crippen LogP contribution < -0.4 is 5.73 Å². The third kappa shape index (κ3) is 2.22. The van der Waals surface area contributed by atoms with Gasteiger partial charge in [-0.25, -0.2) is 0 Å². The van der Waals surface area contributed by atoms with Crippen molar-refractivity contribution in [3.8, 4) is 0 Å². The van der Waals surface area contributed by atoms with E-state index < -0.39 is 0 Å². The van der Waals surface area contributed by atoms with Crippen molar-refractivity contribution in [1.29, 1.82) is 0 Å². The van der Waals surface area contributed by atoms with E-state index >= 15 is 0 Å². The van der Waals surface area contributed by atoms with Gasteiger partial charge in [-0.1, -0.05) is 13.8 Å². The van der Waals surface area contributed by atoms with Gasteiger partial charge in [0.05, 0.1) is 11.9 Å². The summed E-state index contributed by atoms with van der Waals surface area (Å²) in [6.07, 6.45) is 2.77. The van der Waals surface area contributed by atoms with Gasteiger partial charge in [0.1, 0.15) is 0 Å². The Bertz CT molecular complexity index is 267. The monoisotopic (exact) mass is 164 g/mol. The van der Waals surface area contributed by atoms with Crippen molar-refractivity contribution in [3.63, 3.8) is 0 Å². The number of pyridine rings is 1. The molecular weight excluding hydrogens is 148 g/mol. The lowest BCUT2D eigenvalue weighted by Gasteiger charge is -2.05. The minimum Gasteiger partial charge on any atom is -0.397 e. The molecule has 0 aliphatic heterocycles. The van der Waals surface area contributed by atoms with Crippen molar-refractivity contribution in [3.05, 3.63) is 23.5 Å².